The van der Waals surface area contributed by atoms with Gasteiger partial charge in [0.25, 0.3) is 5.56 Å². The molecule has 5 nitrogen and oxygen atoms in total. The van der Waals surface area contributed by atoms with E-state index >= 15 is 0 Å². The van der Waals surface area contributed by atoms with Crippen LogP contribution >= 0.6 is 0 Å². The molecule has 1 saturated carbocycles. The summed E-state index contributed by atoms with van der Waals surface area (Å²) in [5.74, 6) is 0. The third-order valence-corrected chi connectivity index (χ3v) is 4.14. The quantitative estimate of drug-likeness (QED) is 0.922. The summed E-state index contributed by atoms with van der Waals surface area (Å²) in [6.07, 6.45) is -2.23. The van der Waals surface area contributed by atoms with E-state index in [0.29, 0.717) is 23.6 Å². The van der Waals surface area contributed by atoms with E-state index in [1.165, 1.54) is 0 Å². The predicted molar refractivity (Wildman–Crippen MR) is 73.8 cm³/mol. The van der Waals surface area contributed by atoms with Crippen molar-refractivity contribution >= 4 is 0 Å². The Hall–Kier alpha value is -1.57. The maximum Gasteiger partial charge on any atom is 0.423 e. The van der Waals surface area contributed by atoms with Crippen LogP contribution in [0.25, 0.3) is 0 Å². The van der Waals surface area contributed by atoms with E-state index in [9.17, 15) is 27.9 Å². The van der Waals surface area contributed by atoms with Crippen molar-refractivity contribution in [3.05, 3.63) is 32.6 Å². The molecule has 1 N–H and O–H groups in total. The highest BCUT2D eigenvalue weighted by Crippen LogP contribution is 2.34. The molecule has 0 radical (unpaired) electrons. The zero-order valence-corrected chi connectivity index (χ0v) is 12.5. The molecular weight excluding hydrogens is 301 g/mol. The highest BCUT2D eigenvalue weighted by atomic mass is 19.4. The summed E-state index contributed by atoms with van der Waals surface area (Å²) in [6, 6.07) is -0.507. The fourth-order valence-corrected chi connectivity index (χ4v) is 2.54. The van der Waals surface area contributed by atoms with Crippen molar-refractivity contribution in [3.63, 3.8) is 0 Å². The number of halogens is 3. The van der Waals surface area contributed by atoms with Crippen LogP contribution < -0.4 is 11.2 Å². The molecule has 1 aliphatic carbocycles. The monoisotopic (exact) mass is 320 g/mol. The molecule has 2 rings (SSSR count). The molecule has 0 amide bonds. The Bertz CT molecular complexity index is 669. The standard InChI is InChI=1S/C14H19F3N2O3/c1-9(2)19-8-10(14(15,16)17)11(20)18(12(19)21)7-6-13(22)4-3-5-13/h8-9,22H,3-7H2,1-2H3. The molecule has 0 aromatic carbocycles. The SMILES string of the molecule is CC(C)n1cc(C(F)(F)F)c(=O)n(CCC2(O)CCC2)c1=O. The molecular formula is C14H19F3N2O3. The van der Waals surface area contributed by atoms with E-state index in [1.807, 2.05) is 0 Å². The van der Waals surface area contributed by atoms with E-state index in [1.54, 1.807) is 13.8 Å². The molecule has 0 aliphatic heterocycles. The van der Waals surface area contributed by atoms with Gasteiger partial charge in [0.2, 0.25) is 0 Å². The Labute approximate surface area is 125 Å². The predicted octanol–water partition coefficient (Wildman–Crippen LogP) is 1.91. The minimum Gasteiger partial charge on any atom is -0.390 e. The minimum atomic E-state index is -4.82. The van der Waals surface area contributed by atoms with Crippen molar-refractivity contribution in [2.75, 3.05) is 0 Å². The number of nitrogens with zero attached hydrogens (tertiary/aromatic N) is 2. The zero-order chi connectivity index (χ0) is 16.7. The van der Waals surface area contributed by atoms with Gasteiger partial charge in [0.1, 0.15) is 5.56 Å². The first-order valence-electron chi connectivity index (χ1n) is 7.21. The van der Waals surface area contributed by atoms with Crippen LogP contribution in [0.1, 0.15) is 51.1 Å². The van der Waals surface area contributed by atoms with Crippen molar-refractivity contribution < 1.29 is 18.3 Å². The molecule has 1 aliphatic rings. The summed E-state index contributed by atoms with van der Waals surface area (Å²) < 4.78 is 40.4. The van der Waals surface area contributed by atoms with Gasteiger partial charge in [0, 0.05) is 18.8 Å². The van der Waals surface area contributed by atoms with Crippen LogP contribution in [0, 0.1) is 0 Å². The Balaban J connectivity index is 2.48. The van der Waals surface area contributed by atoms with Gasteiger partial charge in [-0.05, 0) is 39.5 Å². The van der Waals surface area contributed by atoms with Crippen LogP contribution in [0.4, 0.5) is 13.2 Å². The van der Waals surface area contributed by atoms with Gasteiger partial charge in [-0.2, -0.15) is 13.2 Å². The Morgan fingerprint density at radius 1 is 1.32 bits per heavy atom. The topological polar surface area (TPSA) is 64.2 Å². The highest BCUT2D eigenvalue weighted by molar-refractivity contribution is 5.10. The van der Waals surface area contributed by atoms with Gasteiger partial charge in [0.05, 0.1) is 5.60 Å². The van der Waals surface area contributed by atoms with Gasteiger partial charge < -0.3 is 5.11 Å². The minimum absolute atomic E-state index is 0.0988. The summed E-state index contributed by atoms with van der Waals surface area (Å²) in [4.78, 5) is 24.2. The summed E-state index contributed by atoms with van der Waals surface area (Å²) in [5, 5.41) is 10.0. The normalized spacial score (nSPS) is 17.6. The lowest BCUT2D eigenvalue weighted by Crippen LogP contribution is -2.46. The second kappa shape index (κ2) is 5.57. The largest absolute Gasteiger partial charge is 0.423 e. The molecule has 0 saturated heterocycles. The van der Waals surface area contributed by atoms with Crippen LogP contribution in [0.15, 0.2) is 15.8 Å². The molecule has 1 aromatic rings. The Morgan fingerprint density at radius 3 is 2.32 bits per heavy atom. The average Bonchev–Trinajstić information content (AvgIpc) is 2.34. The van der Waals surface area contributed by atoms with Crippen molar-refractivity contribution in [1.82, 2.24) is 9.13 Å². The van der Waals surface area contributed by atoms with Crippen LogP contribution in [0.3, 0.4) is 0 Å². The third kappa shape index (κ3) is 3.11. The van der Waals surface area contributed by atoms with E-state index < -0.39 is 34.6 Å². The molecule has 8 heteroatoms. The molecule has 1 heterocycles. The third-order valence-electron chi connectivity index (χ3n) is 4.14. The van der Waals surface area contributed by atoms with Crippen LogP contribution in [0.2, 0.25) is 0 Å². The van der Waals surface area contributed by atoms with Crippen LogP contribution in [-0.4, -0.2) is 19.8 Å². The average molecular weight is 320 g/mol. The van der Waals surface area contributed by atoms with E-state index in [-0.39, 0.29) is 13.0 Å². The number of aromatic nitrogens is 2. The second-order valence-corrected chi connectivity index (χ2v) is 6.11. The molecule has 0 bridgehead atoms. The van der Waals surface area contributed by atoms with E-state index in [4.69, 9.17) is 0 Å². The molecule has 0 spiro atoms. The first kappa shape index (κ1) is 16.8. The Kier molecular flexibility index (Phi) is 4.25. The maximum atomic E-state index is 13.0. The van der Waals surface area contributed by atoms with Crippen molar-refractivity contribution in [1.29, 1.82) is 0 Å². The van der Waals surface area contributed by atoms with Gasteiger partial charge in [-0.25, -0.2) is 4.79 Å². The first-order chi connectivity index (χ1) is 10.1. The van der Waals surface area contributed by atoms with E-state index in [0.717, 1.165) is 11.0 Å². The first-order valence-corrected chi connectivity index (χ1v) is 7.21. The number of rotatable bonds is 4. The fraction of sp³-hybridized carbons (Fsp3) is 0.714. The lowest BCUT2D eigenvalue weighted by atomic mass is 9.78. The summed E-state index contributed by atoms with van der Waals surface area (Å²) in [7, 11) is 0. The number of hydrogen-bond donors (Lipinski definition) is 1. The maximum absolute atomic E-state index is 13.0. The van der Waals surface area contributed by atoms with Crippen molar-refractivity contribution in [2.24, 2.45) is 0 Å². The lowest BCUT2D eigenvalue weighted by Gasteiger charge is -2.36. The molecule has 1 fully saturated rings. The molecule has 1 aromatic heterocycles. The molecule has 22 heavy (non-hydrogen) atoms. The van der Waals surface area contributed by atoms with Gasteiger partial charge >= 0.3 is 11.9 Å². The summed E-state index contributed by atoms with van der Waals surface area (Å²) in [6.45, 7) is 2.91. The number of alkyl halides is 3. The van der Waals surface area contributed by atoms with Gasteiger partial charge in [-0.3, -0.25) is 13.9 Å². The zero-order valence-electron chi connectivity index (χ0n) is 12.5. The van der Waals surface area contributed by atoms with Crippen molar-refractivity contribution in [2.45, 2.75) is 63.9 Å². The summed E-state index contributed by atoms with van der Waals surface area (Å²) >= 11 is 0. The second-order valence-electron chi connectivity index (χ2n) is 6.11. The molecule has 0 unspecified atom stereocenters. The Morgan fingerprint density at radius 2 is 1.91 bits per heavy atom. The van der Waals surface area contributed by atoms with Crippen molar-refractivity contribution in [3.8, 4) is 0 Å². The lowest BCUT2D eigenvalue weighted by molar-refractivity contribution is -0.139. The van der Waals surface area contributed by atoms with Crippen LogP contribution in [-0.2, 0) is 12.7 Å². The fourth-order valence-electron chi connectivity index (χ4n) is 2.54. The van der Waals surface area contributed by atoms with Gasteiger partial charge in [0.15, 0.2) is 0 Å². The molecule has 0 atom stereocenters. The smallest absolute Gasteiger partial charge is 0.390 e. The van der Waals surface area contributed by atoms with Crippen LogP contribution in [0.5, 0.6) is 0 Å². The number of aliphatic hydroxyl groups is 1. The highest BCUT2D eigenvalue weighted by Gasteiger charge is 2.37. The van der Waals surface area contributed by atoms with Gasteiger partial charge in [-0.1, -0.05) is 0 Å². The molecule has 124 valence electrons. The van der Waals surface area contributed by atoms with E-state index in [2.05, 4.69) is 0 Å². The number of hydrogen-bond acceptors (Lipinski definition) is 3. The van der Waals surface area contributed by atoms with Gasteiger partial charge in [-0.15, -0.1) is 0 Å². The summed E-state index contributed by atoms with van der Waals surface area (Å²) in [5.41, 5.74) is -4.46.